The molecule has 0 radical (unpaired) electrons. The normalized spacial score (nSPS) is 31.4. The van der Waals surface area contributed by atoms with Gasteiger partial charge >= 0.3 is 0 Å². The van der Waals surface area contributed by atoms with Crippen LogP contribution in [0.4, 0.5) is 4.39 Å². The number of hydrogen-bond donors (Lipinski definition) is 1. The zero-order valence-electron chi connectivity index (χ0n) is 8.82. The van der Waals surface area contributed by atoms with Crippen molar-refractivity contribution in [3.8, 4) is 0 Å². The Morgan fingerprint density at radius 1 is 1.50 bits per heavy atom. The van der Waals surface area contributed by atoms with Gasteiger partial charge in [-0.2, -0.15) is 0 Å². The predicted octanol–water partition coefficient (Wildman–Crippen LogP) is 0.999. The van der Waals surface area contributed by atoms with Gasteiger partial charge in [0.25, 0.3) is 5.91 Å². The summed E-state index contributed by atoms with van der Waals surface area (Å²) < 4.78 is 13.4. The number of piperidine rings is 1. The summed E-state index contributed by atoms with van der Waals surface area (Å²) in [5.41, 5.74) is 5.97. The second-order valence-corrected chi connectivity index (χ2v) is 4.80. The highest BCUT2D eigenvalue weighted by molar-refractivity contribution is 5.95. The highest BCUT2D eigenvalue weighted by atomic mass is 19.1. The van der Waals surface area contributed by atoms with Gasteiger partial charge in [0.2, 0.25) is 0 Å². The van der Waals surface area contributed by atoms with Gasteiger partial charge in [-0.1, -0.05) is 12.1 Å². The van der Waals surface area contributed by atoms with Crippen molar-refractivity contribution in [2.75, 3.05) is 13.1 Å². The molecule has 3 rings (SSSR count). The molecule has 1 saturated carbocycles. The largest absolute Gasteiger partial charge is 0.336 e. The van der Waals surface area contributed by atoms with Crippen LogP contribution >= 0.6 is 0 Å². The summed E-state index contributed by atoms with van der Waals surface area (Å²) in [6.45, 7) is 1.23. The van der Waals surface area contributed by atoms with Gasteiger partial charge in [0, 0.05) is 18.6 Å². The van der Waals surface area contributed by atoms with Crippen LogP contribution in [0.2, 0.25) is 0 Å². The van der Waals surface area contributed by atoms with E-state index in [1.54, 1.807) is 17.0 Å². The van der Waals surface area contributed by atoms with Crippen LogP contribution < -0.4 is 5.73 Å². The Kier molecular flexibility index (Phi) is 1.86. The summed E-state index contributed by atoms with van der Waals surface area (Å²) in [7, 11) is 0. The molecule has 0 aromatic heterocycles. The molecule has 0 spiro atoms. The number of rotatable bonds is 1. The van der Waals surface area contributed by atoms with Crippen molar-refractivity contribution < 1.29 is 9.18 Å². The van der Waals surface area contributed by atoms with Crippen LogP contribution in [0.25, 0.3) is 0 Å². The molecule has 3 nitrogen and oxygen atoms in total. The van der Waals surface area contributed by atoms with E-state index in [-0.39, 0.29) is 17.0 Å². The smallest absolute Gasteiger partial charge is 0.256 e. The van der Waals surface area contributed by atoms with Gasteiger partial charge in [-0.3, -0.25) is 4.79 Å². The molecule has 2 aliphatic rings. The van der Waals surface area contributed by atoms with Crippen LogP contribution in [0.15, 0.2) is 24.3 Å². The van der Waals surface area contributed by atoms with Crippen molar-refractivity contribution in [1.29, 1.82) is 0 Å². The number of nitrogens with two attached hydrogens (primary N) is 1. The van der Waals surface area contributed by atoms with Gasteiger partial charge in [0.15, 0.2) is 0 Å². The number of hydrogen-bond acceptors (Lipinski definition) is 2. The van der Waals surface area contributed by atoms with Crippen LogP contribution in [-0.2, 0) is 0 Å². The van der Waals surface area contributed by atoms with E-state index >= 15 is 0 Å². The fourth-order valence-corrected chi connectivity index (χ4v) is 2.49. The Labute approximate surface area is 93.0 Å². The Hall–Kier alpha value is -1.42. The molecule has 1 aliphatic heterocycles. The second kappa shape index (κ2) is 3.04. The van der Waals surface area contributed by atoms with Gasteiger partial charge in [-0.15, -0.1) is 0 Å². The Morgan fingerprint density at radius 2 is 2.25 bits per heavy atom. The lowest BCUT2D eigenvalue weighted by molar-refractivity contribution is 0.0768. The van der Waals surface area contributed by atoms with Gasteiger partial charge < -0.3 is 10.6 Å². The molecular weight excluding hydrogens is 207 g/mol. The molecule has 1 aliphatic carbocycles. The van der Waals surface area contributed by atoms with Crippen LogP contribution in [0.1, 0.15) is 16.8 Å². The van der Waals surface area contributed by atoms with Crippen LogP contribution in [0, 0.1) is 11.7 Å². The maximum atomic E-state index is 13.4. The molecule has 2 N–H and O–H groups in total. The summed E-state index contributed by atoms with van der Waals surface area (Å²) in [4.78, 5) is 13.7. The summed E-state index contributed by atoms with van der Waals surface area (Å²) >= 11 is 0. The molecule has 0 unspecified atom stereocenters. The number of fused-ring (bicyclic) bond motifs is 1. The quantitative estimate of drug-likeness (QED) is 0.767. The van der Waals surface area contributed by atoms with Crippen molar-refractivity contribution in [2.45, 2.75) is 12.0 Å². The number of likely N-dealkylation sites (tertiary alicyclic amines) is 1. The average Bonchev–Trinajstić information content (AvgIpc) is 2.77. The van der Waals surface area contributed by atoms with Gasteiger partial charge in [0.05, 0.1) is 5.56 Å². The van der Waals surface area contributed by atoms with Gasteiger partial charge in [0.1, 0.15) is 5.82 Å². The summed E-state index contributed by atoms with van der Waals surface area (Å²) in [6.07, 6.45) is 0.994. The molecule has 1 aromatic rings. The molecule has 1 aromatic carbocycles. The molecule has 16 heavy (non-hydrogen) atoms. The fourth-order valence-electron chi connectivity index (χ4n) is 2.49. The van der Waals surface area contributed by atoms with E-state index in [0.717, 1.165) is 6.42 Å². The van der Waals surface area contributed by atoms with Crippen LogP contribution in [0.5, 0.6) is 0 Å². The van der Waals surface area contributed by atoms with Gasteiger partial charge in [-0.25, -0.2) is 4.39 Å². The van der Waals surface area contributed by atoms with E-state index < -0.39 is 5.82 Å². The first-order chi connectivity index (χ1) is 7.60. The van der Waals surface area contributed by atoms with Crippen molar-refractivity contribution in [3.63, 3.8) is 0 Å². The maximum absolute atomic E-state index is 13.4. The SMILES string of the molecule is N[C@]12C[C@H]1CN(C(=O)c1ccccc1F)C2. The lowest BCUT2D eigenvalue weighted by Crippen LogP contribution is -2.37. The molecular formula is C12H13FN2O. The highest BCUT2D eigenvalue weighted by Gasteiger charge is 2.58. The molecule has 4 heteroatoms. The van der Waals surface area contributed by atoms with Crippen molar-refractivity contribution >= 4 is 5.91 Å². The third kappa shape index (κ3) is 1.33. The minimum absolute atomic E-state index is 0.146. The number of carbonyl (C=O) groups excluding carboxylic acids is 1. The van der Waals surface area contributed by atoms with E-state index in [2.05, 4.69) is 0 Å². The maximum Gasteiger partial charge on any atom is 0.256 e. The lowest BCUT2D eigenvalue weighted by atomic mass is 10.2. The van der Waals surface area contributed by atoms with Crippen LogP contribution in [0.3, 0.4) is 0 Å². The lowest BCUT2D eigenvalue weighted by Gasteiger charge is -2.19. The standard InChI is InChI=1S/C12H13FN2O/c13-10-4-2-1-3-9(10)11(16)15-6-8-5-12(8,14)7-15/h1-4,8H,5-7,14H2/t8-,12-/m0/s1. The molecule has 0 bridgehead atoms. The number of amides is 1. The molecule has 1 heterocycles. The predicted molar refractivity (Wildman–Crippen MR) is 57.3 cm³/mol. The zero-order valence-corrected chi connectivity index (χ0v) is 8.82. The summed E-state index contributed by atoms with van der Waals surface area (Å²) in [6, 6.07) is 6.08. The van der Waals surface area contributed by atoms with E-state index in [1.807, 2.05) is 0 Å². The number of benzene rings is 1. The summed E-state index contributed by atoms with van der Waals surface area (Å²) in [5.74, 6) is -0.280. The number of halogens is 1. The Bertz CT molecular complexity index is 462. The van der Waals surface area contributed by atoms with E-state index in [4.69, 9.17) is 5.73 Å². The van der Waals surface area contributed by atoms with Crippen molar-refractivity contribution in [3.05, 3.63) is 35.6 Å². The monoisotopic (exact) mass is 220 g/mol. The second-order valence-electron chi connectivity index (χ2n) is 4.80. The fraction of sp³-hybridized carbons (Fsp3) is 0.417. The minimum Gasteiger partial charge on any atom is -0.336 e. The molecule has 84 valence electrons. The van der Waals surface area contributed by atoms with Crippen molar-refractivity contribution in [2.24, 2.45) is 11.7 Å². The van der Waals surface area contributed by atoms with Crippen molar-refractivity contribution in [1.82, 2.24) is 4.90 Å². The van der Waals surface area contributed by atoms with Crippen LogP contribution in [-0.4, -0.2) is 29.4 Å². The highest BCUT2D eigenvalue weighted by Crippen LogP contribution is 2.47. The molecule has 1 amide bonds. The Balaban J connectivity index is 1.82. The number of nitrogens with zero attached hydrogens (tertiary/aromatic N) is 1. The third-order valence-electron chi connectivity index (χ3n) is 3.60. The topological polar surface area (TPSA) is 46.3 Å². The third-order valence-corrected chi connectivity index (χ3v) is 3.60. The molecule has 1 saturated heterocycles. The first kappa shape index (κ1) is 9.78. The number of carbonyl (C=O) groups is 1. The molecule has 2 fully saturated rings. The first-order valence-electron chi connectivity index (χ1n) is 5.43. The zero-order chi connectivity index (χ0) is 11.3. The van der Waals surface area contributed by atoms with E-state index in [0.29, 0.717) is 19.0 Å². The molecule has 2 atom stereocenters. The first-order valence-corrected chi connectivity index (χ1v) is 5.43. The summed E-state index contributed by atoms with van der Waals surface area (Å²) in [5, 5.41) is 0. The minimum atomic E-state index is -0.459. The average molecular weight is 220 g/mol. The van der Waals surface area contributed by atoms with E-state index in [9.17, 15) is 9.18 Å². The Morgan fingerprint density at radius 3 is 2.88 bits per heavy atom. The van der Waals surface area contributed by atoms with Gasteiger partial charge in [-0.05, 0) is 24.5 Å². The van der Waals surface area contributed by atoms with E-state index in [1.165, 1.54) is 12.1 Å².